The van der Waals surface area contributed by atoms with E-state index in [9.17, 15) is 0 Å². The third kappa shape index (κ3) is 1.06. The van der Waals surface area contributed by atoms with Gasteiger partial charge in [-0.25, -0.2) is 4.98 Å². The second kappa shape index (κ2) is 2.80. The van der Waals surface area contributed by atoms with E-state index < -0.39 is 0 Å². The van der Waals surface area contributed by atoms with Crippen LogP contribution in [0, 0.1) is 0 Å². The summed E-state index contributed by atoms with van der Waals surface area (Å²) in [5.74, 6) is 0. The van der Waals surface area contributed by atoms with Gasteiger partial charge in [-0.2, -0.15) is 4.57 Å². The second-order valence-electron chi connectivity index (χ2n) is 3.36. The monoisotopic (exact) mass is 184 g/mol. The Labute approximate surface area is 82.0 Å². The standard InChI is InChI=1S/C11H10N3/c1-2-6-13-9-14-8-12-7-11(14)5-4-10(13)3-1/h1-8H,9H2/q+1. The second-order valence-corrected chi connectivity index (χ2v) is 3.36. The van der Waals surface area contributed by atoms with Gasteiger partial charge < -0.3 is 0 Å². The van der Waals surface area contributed by atoms with Crippen LogP contribution in [0.2, 0.25) is 0 Å². The average molecular weight is 184 g/mol. The molecule has 0 fully saturated rings. The first-order valence-electron chi connectivity index (χ1n) is 4.60. The van der Waals surface area contributed by atoms with Gasteiger partial charge in [0, 0.05) is 18.2 Å². The van der Waals surface area contributed by atoms with E-state index >= 15 is 0 Å². The van der Waals surface area contributed by atoms with Crippen LogP contribution in [0.25, 0.3) is 12.2 Å². The maximum Gasteiger partial charge on any atom is 0.229 e. The topological polar surface area (TPSA) is 21.7 Å². The Morgan fingerprint density at radius 1 is 1.29 bits per heavy atom. The van der Waals surface area contributed by atoms with E-state index in [1.807, 2.05) is 18.6 Å². The Morgan fingerprint density at radius 3 is 3.29 bits per heavy atom. The summed E-state index contributed by atoms with van der Waals surface area (Å²) in [5, 5.41) is 0. The lowest BCUT2D eigenvalue weighted by Crippen LogP contribution is -2.39. The number of imidazole rings is 1. The summed E-state index contributed by atoms with van der Waals surface area (Å²) in [7, 11) is 0. The van der Waals surface area contributed by atoms with Gasteiger partial charge in [-0.15, -0.1) is 0 Å². The van der Waals surface area contributed by atoms with Gasteiger partial charge in [0.05, 0.1) is 11.9 Å². The third-order valence-corrected chi connectivity index (χ3v) is 2.45. The van der Waals surface area contributed by atoms with Crippen molar-refractivity contribution < 1.29 is 4.57 Å². The zero-order valence-corrected chi connectivity index (χ0v) is 7.67. The zero-order chi connectivity index (χ0) is 9.38. The lowest BCUT2D eigenvalue weighted by atomic mass is 10.3. The number of hydrogen-bond acceptors (Lipinski definition) is 1. The van der Waals surface area contributed by atoms with Crippen LogP contribution in [0.3, 0.4) is 0 Å². The van der Waals surface area contributed by atoms with Crippen LogP contribution < -0.4 is 4.57 Å². The van der Waals surface area contributed by atoms with Crippen molar-refractivity contribution in [2.75, 3.05) is 0 Å². The van der Waals surface area contributed by atoms with E-state index in [0.717, 1.165) is 12.4 Å². The molecule has 0 bridgehead atoms. The van der Waals surface area contributed by atoms with Gasteiger partial charge in [-0.3, -0.25) is 4.57 Å². The number of pyridine rings is 1. The lowest BCUT2D eigenvalue weighted by molar-refractivity contribution is -0.702. The van der Waals surface area contributed by atoms with Gasteiger partial charge in [0.15, 0.2) is 6.20 Å². The maximum atomic E-state index is 4.12. The normalized spacial score (nSPS) is 13.1. The lowest BCUT2D eigenvalue weighted by Gasteiger charge is -1.99. The molecule has 0 saturated heterocycles. The van der Waals surface area contributed by atoms with Crippen molar-refractivity contribution in [2.45, 2.75) is 6.67 Å². The molecule has 0 unspecified atom stereocenters. The minimum Gasteiger partial charge on any atom is -0.274 e. The Kier molecular flexibility index (Phi) is 1.50. The molecule has 68 valence electrons. The van der Waals surface area contributed by atoms with Crippen LogP contribution >= 0.6 is 0 Å². The SMILES string of the molecule is C1=Cc2cccc[n+]2Cn2cncc21. The molecule has 0 radical (unpaired) electrons. The minimum absolute atomic E-state index is 0.832. The van der Waals surface area contributed by atoms with Crippen LogP contribution in [0.4, 0.5) is 0 Å². The minimum atomic E-state index is 0.832. The largest absolute Gasteiger partial charge is 0.274 e. The van der Waals surface area contributed by atoms with Crippen molar-refractivity contribution >= 4 is 12.2 Å². The highest BCUT2D eigenvalue weighted by Crippen LogP contribution is 2.08. The number of nitrogens with zero attached hydrogens (tertiary/aromatic N) is 3. The van der Waals surface area contributed by atoms with E-state index in [2.05, 4.69) is 44.6 Å². The molecular formula is C11H10N3+. The summed E-state index contributed by atoms with van der Waals surface area (Å²) in [6, 6.07) is 6.20. The molecule has 0 aromatic carbocycles. The van der Waals surface area contributed by atoms with E-state index in [4.69, 9.17) is 0 Å². The van der Waals surface area contributed by atoms with Gasteiger partial charge in [0.1, 0.15) is 6.33 Å². The molecule has 3 nitrogen and oxygen atoms in total. The van der Waals surface area contributed by atoms with Crippen LogP contribution in [0.1, 0.15) is 11.4 Å². The number of fused-ring (bicyclic) bond motifs is 2. The summed E-state index contributed by atoms with van der Waals surface area (Å²) in [4.78, 5) is 4.12. The molecule has 0 saturated carbocycles. The maximum absolute atomic E-state index is 4.12. The van der Waals surface area contributed by atoms with Crippen molar-refractivity contribution in [3.63, 3.8) is 0 Å². The molecule has 0 aliphatic carbocycles. The van der Waals surface area contributed by atoms with Gasteiger partial charge in [-0.1, -0.05) is 0 Å². The summed E-state index contributed by atoms with van der Waals surface area (Å²) < 4.78 is 4.31. The van der Waals surface area contributed by atoms with Gasteiger partial charge in [0.2, 0.25) is 12.4 Å². The van der Waals surface area contributed by atoms with Crippen molar-refractivity contribution in [3.05, 3.63) is 48.3 Å². The zero-order valence-electron chi connectivity index (χ0n) is 7.67. The van der Waals surface area contributed by atoms with Crippen molar-refractivity contribution in [3.8, 4) is 0 Å². The first-order valence-corrected chi connectivity index (χ1v) is 4.60. The molecule has 0 N–H and O–H groups in total. The molecule has 2 aromatic rings. The quantitative estimate of drug-likeness (QED) is 0.480. The molecule has 3 heterocycles. The molecule has 0 atom stereocenters. The Hall–Kier alpha value is -1.90. The molecule has 0 amide bonds. The van der Waals surface area contributed by atoms with Crippen molar-refractivity contribution in [1.82, 2.24) is 9.55 Å². The Balaban J connectivity index is 2.19. The number of rotatable bonds is 0. The van der Waals surface area contributed by atoms with Gasteiger partial charge in [0.25, 0.3) is 0 Å². The number of hydrogen-bond donors (Lipinski definition) is 0. The molecule has 3 rings (SSSR count). The molecule has 1 aliphatic heterocycles. The molecule has 0 spiro atoms. The molecule has 1 aliphatic rings. The molecule has 3 heteroatoms. The first kappa shape index (κ1) is 7.50. The molecular weight excluding hydrogens is 174 g/mol. The summed E-state index contributed by atoms with van der Waals surface area (Å²) in [6.07, 6.45) is 10.0. The highest BCUT2D eigenvalue weighted by Gasteiger charge is 2.12. The highest BCUT2D eigenvalue weighted by molar-refractivity contribution is 5.65. The summed E-state index contributed by atoms with van der Waals surface area (Å²) >= 11 is 0. The highest BCUT2D eigenvalue weighted by atomic mass is 15.2. The Morgan fingerprint density at radius 2 is 2.29 bits per heavy atom. The van der Waals surface area contributed by atoms with E-state index in [1.165, 1.54) is 5.69 Å². The molecule has 14 heavy (non-hydrogen) atoms. The smallest absolute Gasteiger partial charge is 0.229 e. The van der Waals surface area contributed by atoms with Gasteiger partial charge >= 0.3 is 0 Å². The number of aromatic nitrogens is 3. The van der Waals surface area contributed by atoms with E-state index in [0.29, 0.717) is 0 Å². The van der Waals surface area contributed by atoms with Crippen molar-refractivity contribution in [2.24, 2.45) is 0 Å². The molecule has 2 aromatic heterocycles. The fourth-order valence-corrected chi connectivity index (χ4v) is 1.69. The fourth-order valence-electron chi connectivity index (χ4n) is 1.69. The first-order chi connectivity index (χ1) is 6.93. The van der Waals surface area contributed by atoms with E-state index in [-0.39, 0.29) is 0 Å². The van der Waals surface area contributed by atoms with Crippen LogP contribution in [0.5, 0.6) is 0 Å². The predicted octanol–water partition coefficient (Wildman–Crippen LogP) is 1.16. The van der Waals surface area contributed by atoms with Crippen LogP contribution in [0.15, 0.2) is 36.9 Å². The summed E-state index contributed by atoms with van der Waals surface area (Å²) in [6.45, 7) is 0.832. The Bertz CT molecular complexity index is 497. The van der Waals surface area contributed by atoms with Crippen molar-refractivity contribution in [1.29, 1.82) is 0 Å². The summed E-state index contributed by atoms with van der Waals surface area (Å²) in [5.41, 5.74) is 2.37. The third-order valence-electron chi connectivity index (χ3n) is 2.45. The fraction of sp³-hybridized carbons (Fsp3) is 0.0909. The predicted molar refractivity (Wildman–Crippen MR) is 53.2 cm³/mol. The van der Waals surface area contributed by atoms with Gasteiger partial charge in [-0.05, 0) is 12.1 Å². The average Bonchev–Trinajstić information content (AvgIpc) is 2.58. The van der Waals surface area contributed by atoms with Crippen LogP contribution in [-0.2, 0) is 6.67 Å². The van der Waals surface area contributed by atoms with Crippen LogP contribution in [-0.4, -0.2) is 9.55 Å². The van der Waals surface area contributed by atoms with E-state index in [1.54, 1.807) is 0 Å².